The molecule has 0 amide bonds. The molecule has 2 heterocycles. The van der Waals surface area contributed by atoms with Crippen molar-refractivity contribution in [3.63, 3.8) is 0 Å². The predicted octanol–water partition coefficient (Wildman–Crippen LogP) is 4.86. The summed E-state index contributed by atoms with van der Waals surface area (Å²) in [5.41, 5.74) is 2.92. The molecule has 4 nitrogen and oxygen atoms in total. The van der Waals surface area contributed by atoms with Gasteiger partial charge in [-0.1, -0.05) is 28.1 Å². The van der Waals surface area contributed by atoms with E-state index in [4.69, 9.17) is 9.72 Å². The highest BCUT2D eigenvalue weighted by Crippen LogP contribution is 2.30. The molecule has 0 aliphatic carbocycles. The maximum absolute atomic E-state index is 13.1. The molecule has 0 aliphatic heterocycles. The Kier molecular flexibility index (Phi) is 4.15. The third-order valence-electron chi connectivity index (χ3n) is 3.96. The SMILES string of the molecule is COc1ccc(-c2nc3sccn3c(=O)c2-c2ccc(Br)cc2)cc1. The fourth-order valence-electron chi connectivity index (χ4n) is 2.72. The standard InChI is InChI=1S/C19H13BrN2O2S/c1-24-15-8-4-13(5-9-15)17-16(12-2-6-14(20)7-3-12)18(23)22-10-11-25-19(22)21-17/h2-11H,1H3. The quantitative estimate of drug-likeness (QED) is 0.482. The zero-order valence-electron chi connectivity index (χ0n) is 13.3. The van der Waals surface area contributed by atoms with E-state index in [1.54, 1.807) is 17.7 Å². The fourth-order valence-corrected chi connectivity index (χ4v) is 3.69. The maximum atomic E-state index is 13.1. The van der Waals surface area contributed by atoms with Crippen LogP contribution in [-0.2, 0) is 0 Å². The Morgan fingerprint density at radius 3 is 2.40 bits per heavy atom. The highest BCUT2D eigenvalue weighted by molar-refractivity contribution is 9.10. The molecule has 25 heavy (non-hydrogen) atoms. The number of benzene rings is 2. The minimum atomic E-state index is -0.0700. The smallest absolute Gasteiger partial charge is 0.267 e. The largest absolute Gasteiger partial charge is 0.497 e. The second kappa shape index (κ2) is 6.46. The molecule has 0 fully saturated rings. The highest BCUT2D eigenvalue weighted by atomic mass is 79.9. The summed E-state index contributed by atoms with van der Waals surface area (Å²) in [6, 6.07) is 15.3. The van der Waals surface area contributed by atoms with Crippen LogP contribution >= 0.6 is 27.3 Å². The summed E-state index contributed by atoms with van der Waals surface area (Å²) in [6.07, 6.45) is 1.76. The molecule has 4 rings (SSSR count). The third-order valence-corrected chi connectivity index (χ3v) is 5.25. The summed E-state index contributed by atoms with van der Waals surface area (Å²) in [4.78, 5) is 18.5. The van der Waals surface area contributed by atoms with Crippen LogP contribution in [0.1, 0.15) is 0 Å². The molecule has 0 saturated carbocycles. The Hall–Kier alpha value is -2.44. The fraction of sp³-hybridized carbons (Fsp3) is 0.0526. The molecule has 2 aromatic carbocycles. The number of hydrogen-bond donors (Lipinski definition) is 0. The number of nitrogens with zero attached hydrogens (tertiary/aromatic N) is 2. The number of methoxy groups -OCH3 is 1. The van der Waals surface area contributed by atoms with E-state index in [0.29, 0.717) is 16.2 Å². The Balaban J connectivity index is 2.02. The number of aromatic nitrogens is 2. The van der Waals surface area contributed by atoms with Gasteiger partial charge in [0.25, 0.3) is 5.56 Å². The summed E-state index contributed by atoms with van der Waals surface area (Å²) in [7, 11) is 1.63. The highest BCUT2D eigenvalue weighted by Gasteiger charge is 2.17. The van der Waals surface area contributed by atoms with Crippen LogP contribution in [-0.4, -0.2) is 16.5 Å². The van der Waals surface area contributed by atoms with Crippen molar-refractivity contribution in [3.8, 4) is 28.1 Å². The van der Waals surface area contributed by atoms with Crippen LogP contribution in [0, 0.1) is 0 Å². The molecule has 0 unspecified atom stereocenters. The third kappa shape index (κ3) is 2.88. The van der Waals surface area contributed by atoms with Crippen molar-refractivity contribution in [2.45, 2.75) is 0 Å². The average molecular weight is 413 g/mol. The zero-order chi connectivity index (χ0) is 17.4. The van der Waals surface area contributed by atoms with Gasteiger partial charge in [0.15, 0.2) is 4.96 Å². The van der Waals surface area contributed by atoms with E-state index in [0.717, 1.165) is 21.3 Å². The molecule has 0 N–H and O–H groups in total. The van der Waals surface area contributed by atoms with Crippen LogP contribution < -0.4 is 10.3 Å². The first-order chi connectivity index (χ1) is 12.2. The Labute approximate surface area is 156 Å². The molecule has 0 bridgehead atoms. The van der Waals surface area contributed by atoms with Crippen molar-refractivity contribution in [2.75, 3.05) is 7.11 Å². The number of halogens is 1. The van der Waals surface area contributed by atoms with Gasteiger partial charge in [0.1, 0.15) is 5.75 Å². The van der Waals surface area contributed by atoms with E-state index in [9.17, 15) is 4.79 Å². The normalized spacial score (nSPS) is 11.0. The zero-order valence-corrected chi connectivity index (χ0v) is 15.7. The molecule has 2 aromatic heterocycles. The molecule has 124 valence electrons. The van der Waals surface area contributed by atoms with Crippen LogP contribution in [0.3, 0.4) is 0 Å². The summed E-state index contributed by atoms with van der Waals surface area (Å²) >= 11 is 4.88. The second-order valence-electron chi connectivity index (χ2n) is 5.43. The summed E-state index contributed by atoms with van der Waals surface area (Å²) < 4.78 is 7.78. The Bertz CT molecular complexity index is 1100. The van der Waals surface area contributed by atoms with Gasteiger partial charge >= 0.3 is 0 Å². The van der Waals surface area contributed by atoms with Gasteiger partial charge in [0, 0.05) is 21.6 Å². The van der Waals surface area contributed by atoms with Gasteiger partial charge in [0.2, 0.25) is 0 Å². The number of fused-ring (bicyclic) bond motifs is 1. The van der Waals surface area contributed by atoms with Crippen molar-refractivity contribution in [2.24, 2.45) is 0 Å². The number of thiazole rings is 1. The van der Waals surface area contributed by atoms with Gasteiger partial charge in [-0.3, -0.25) is 9.20 Å². The number of rotatable bonds is 3. The van der Waals surface area contributed by atoms with Crippen LogP contribution in [0.15, 0.2) is 69.4 Å². The van der Waals surface area contributed by atoms with Gasteiger partial charge < -0.3 is 4.74 Å². The van der Waals surface area contributed by atoms with E-state index >= 15 is 0 Å². The monoisotopic (exact) mass is 412 g/mol. The lowest BCUT2D eigenvalue weighted by molar-refractivity contribution is 0.415. The molecule has 0 spiro atoms. The van der Waals surface area contributed by atoms with E-state index in [2.05, 4.69) is 15.9 Å². The van der Waals surface area contributed by atoms with Crippen molar-refractivity contribution in [1.82, 2.24) is 9.38 Å². The molecule has 0 saturated heterocycles. The molecule has 0 radical (unpaired) electrons. The minimum absolute atomic E-state index is 0.0700. The van der Waals surface area contributed by atoms with Crippen molar-refractivity contribution < 1.29 is 4.74 Å². The Morgan fingerprint density at radius 1 is 1.04 bits per heavy atom. The lowest BCUT2D eigenvalue weighted by atomic mass is 10.0. The van der Waals surface area contributed by atoms with Gasteiger partial charge in [-0.2, -0.15) is 0 Å². The summed E-state index contributed by atoms with van der Waals surface area (Å²) in [5, 5.41) is 1.87. The van der Waals surface area contributed by atoms with E-state index < -0.39 is 0 Å². The first kappa shape index (κ1) is 16.1. The van der Waals surface area contributed by atoms with Crippen LogP contribution in [0.25, 0.3) is 27.3 Å². The molecular formula is C19H13BrN2O2S. The lowest BCUT2D eigenvalue weighted by Gasteiger charge is -2.10. The lowest BCUT2D eigenvalue weighted by Crippen LogP contribution is -2.16. The topological polar surface area (TPSA) is 43.6 Å². The van der Waals surface area contributed by atoms with E-state index in [1.165, 1.54) is 11.3 Å². The predicted molar refractivity (Wildman–Crippen MR) is 104 cm³/mol. The average Bonchev–Trinajstić information content (AvgIpc) is 3.12. The molecule has 4 aromatic rings. The summed E-state index contributed by atoms with van der Waals surface area (Å²) in [6.45, 7) is 0. The van der Waals surface area contributed by atoms with Gasteiger partial charge in [-0.05, 0) is 42.0 Å². The van der Waals surface area contributed by atoms with E-state index in [1.807, 2.05) is 53.9 Å². The first-order valence-electron chi connectivity index (χ1n) is 7.57. The van der Waals surface area contributed by atoms with Gasteiger partial charge in [-0.15, -0.1) is 11.3 Å². The molecule has 0 atom stereocenters. The van der Waals surface area contributed by atoms with Crippen LogP contribution in [0.5, 0.6) is 5.75 Å². The molecule has 6 heteroatoms. The second-order valence-corrected chi connectivity index (χ2v) is 7.22. The van der Waals surface area contributed by atoms with Crippen molar-refractivity contribution >= 4 is 32.2 Å². The van der Waals surface area contributed by atoms with Crippen molar-refractivity contribution in [1.29, 1.82) is 0 Å². The maximum Gasteiger partial charge on any atom is 0.267 e. The van der Waals surface area contributed by atoms with Gasteiger partial charge in [-0.25, -0.2) is 4.98 Å². The first-order valence-corrected chi connectivity index (χ1v) is 9.25. The number of hydrogen-bond acceptors (Lipinski definition) is 4. The summed E-state index contributed by atoms with van der Waals surface area (Å²) in [5.74, 6) is 0.767. The molecule has 0 aliphatic rings. The van der Waals surface area contributed by atoms with Crippen molar-refractivity contribution in [3.05, 3.63) is 74.9 Å². The molecular weight excluding hydrogens is 400 g/mol. The number of ether oxygens (including phenoxy) is 1. The van der Waals surface area contributed by atoms with Crippen LogP contribution in [0.2, 0.25) is 0 Å². The van der Waals surface area contributed by atoms with Gasteiger partial charge in [0.05, 0.1) is 18.4 Å². The van der Waals surface area contributed by atoms with Crippen LogP contribution in [0.4, 0.5) is 0 Å². The Morgan fingerprint density at radius 2 is 1.72 bits per heavy atom. The van der Waals surface area contributed by atoms with E-state index in [-0.39, 0.29) is 5.56 Å². The minimum Gasteiger partial charge on any atom is -0.497 e.